The molecule has 5 nitrogen and oxygen atoms in total. The summed E-state index contributed by atoms with van der Waals surface area (Å²) in [6, 6.07) is 15.8. The average molecular weight is 444 g/mol. The van der Waals surface area contributed by atoms with Gasteiger partial charge < -0.3 is 24.6 Å². The Balaban J connectivity index is 0.00000420. The first-order valence-corrected chi connectivity index (χ1v) is 10.0. The number of hydrogen-bond acceptors (Lipinski definition) is 5. The van der Waals surface area contributed by atoms with E-state index in [-0.39, 0.29) is 19.0 Å². The summed E-state index contributed by atoms with van der Waals surface area (Å²) in [4.78, 5) is 0. The van der Waals surface area contributed by atoms with E-state index in [1.54, 1.807) is 18.2 Å². The normalized spacial score (nSPS) is 11.8. The van der Waals surface area contributed by atoms with Gasteiger partial charge in [0.15, 0.2) is 0 Å². The van der Waals surface area contributed by atoms with Gasteiger partial charge in [-0.25, -0.2) is 0 Å². The second kappa shape index (κ2) is 14.5. The fourth-order valence-corrected chi connectivity index (χ4v) is 2.69. The zero-order chi connectivity index (χ0) is 20.2. The zero-order valence-electron chi connectivity index (χ0n) is 17.0. The third kappa shape index (κ3) is 10.7. The Bertz CT molecular complexity index is 686. The van der Waals surface area contributed by atoms with Crippen molar-refractivity contribution in [1.82, 2.24) is 5.32 Å². The molecule has 29 heavy (non-hydrogen) atoms. The van der Waals surface area contributed by atoms with Crippen LogP contribution >= 0.6 is 24.0 Å². The summed E-state index contributed by atoms with van der Waals surface area (Å²) >= 11 is 6.24. The van der Waals surface area contributed by atoms with Gasteiger partial charge in [0.2, 0.25) is 0 Å². The molecule has 0 heterocycles. The first kappa shape index (κ1) is 25.5. The van der Waals surface area contributed by atoms with Crippen molar-refractivity contribution in [1.29, 1.82) is 0 Å². The van der Waals surface area contributed by atoms with Crippen molar-refractivity contribution in [3.63, 3.8) is 0 Å². The van der Waals surface area contributed by atoms with Crippen molar-refractivity contribution in [2.45, 2.75) is 32.4 Å². The molecule has 1 atom stereocenters. The van der Waals surface area contributed by atoms with Crippen molar-refractivity contribution in [3.8, 4) is 11.5 Å². The molecule has 7 heteroatoms. The first-order valence-electron chi connectivity index (χ1n) is 9.63. The number of benzene rings is 2. The maximum atomic E-state index is 9.90. The van der Waals surface area contributed by atoms with Crippen LogP contribution in [-0.4, -0.2) is 50.2 Å². The summed E-state index contributed by atoms with van der Waals surface area (Å²) in [5.41, 5.74) is 1.26. The summed E-state index contributed by atoms with van der Waals surface area (Å²) in [5, 5.41) is 13.5. The lowest BCUT2D eigenvalue weighted by atomic mass is 10.2. The predicted octanol–water partition coefficient (Wildman–Crippen LogP) is 4.14. The zero-order valence-corrected chi connectivity index (χ0v) is 18.5. The highest BCUT2D eigenvalue weighted by molar-refractivity contribution is 6.32. The molecule has 0 aliphatic rings. The van der Waals surface area contributed by atoms with E-state index in [4.69, 9.17) is 25.8 Å². The molecule has 0 saturated carbocycles. The Labute approximate surface area is 184 Å². The molecule has 0 aromatic heterocycles. The van der Waals surface area contributed by atoms with E-state index in [1.807, 2.05) is 32.0 Å². The average Bonchev–Trinajstić information content (AvgIpc) is 2.69. The molecular formula is C22H31Cl2NO4. The van der Waals surface area contributed by atoms with Crippen LogP contribution in [0.3, 0.4) is 0 Å². The summed E-state index contributed by atoms with van der Waals surface area (Å²) < 4.78 is 16.8. The molecule has 0 radical (unpaired) electrons. The van der Waals surface area contributed by atoms with Crippen LogP contribution in [0.5, 0.6) is 11.5 Å². The maximum Gasteiger partial charge on any atom is 0.138 e. The van der Waals surface area contributed by atoms with Gasteiger partial charge in [0.25, 0.3) is 0 Å². The van der Waals surface area contributed by atoms with Crippen molar-refractivity contribution in [2.75, 3.05) is 33.0 Å². The fraction of sp³-hybridized carbons (Fsp3) is 0.455. The number of hydrogen-bond donors (Lipinski definition) is 2. The molecule has 162 valence electrons. The Morgan fingerprint density at radius 3 is 2.45 bits per heavy atom. The monoisotopic (exact) mass is 443 g/mol. The van der Waals surface area contributed by atoms with E-state index in [0.717, 1.165) is 6.42 Å². The molecule has 2 N–H and O–H groups in total. The van der Waals surface area contributed by atoms with E-state index in [2.05, 4.69) is 17.4 Å². The molecule has 0 spiro atoms. The lowest BCUT2D eigenvalue weighted by Crippen LogP contribution is -2.35. The largest absolute Gasteiger partial charge is 0.491 e. The van der Waals surface area contributed by atoms with Crippen LogP contribution in [-0.2, 0) is 11.2 Å². The van der Waals surface area contributed by atoms with Crippen molar-refractivity contribution in [3.05, 3.63) is 59.1 Å². The van der Waals surface area contributed by atoms with Gasteiger partial charge in [0.1, 0.15) is 30.8 Å². The van der Waals surface area contributed by atoms with E-state index < -0.39 is 6.10 Å². The number of halogens is 2. The van der Waals surface area contributed by atoms with Gasteiger partial charge in [-0.15, -0.1) is 12.4 Å². The molecule has 0 saturated heterocycles. The topological polar surface area (TPSA) is 60.0 Å². The second-order valence-corrected chi connectivity index (χ2v) is 7.22. The van der Waals surface area contributed by atoms with Gasteiger partial charge in [-0.1, -0.05) is 55.8 Å². The molecule has 0 amide bonds. The maximum absolute atomic E-state index is 9.90. The van der Waals surface area contributed by atoms with E-state index in [9.17, 15) is 5.11 Å². The summed E-state index contributed by atoms with van der Waals surface area (Å²) in [5.74, 6) is 1.18. The van der Waals surface area contributed by atoms with Crippen LogP contribution in [0.4, 0.5) is 0 Å². The van der Waals surface area contributed by atoms with Crippen LogP contribution in [0.15, 0.2) is 48.5 Å². The minimum Gasteiger partial charge on any atom is -0.491 e. The van der Waals surface area contributed by atoms with Gasteiger partial charge in [-0.2, -0.15) is 0 Å². The predicted molar refractivity (Wildman–Crippen MR) is 120 cm³/mol. The highest BCUT2D eigenvalue weighted by Crippen LogP contribution is 2.28. The lowest BCUT2D eigenvalue weighted by Gasteiger charge is -2.16. The summed E-state index contributed by atoms with van der Waals surface area (Å²) in [6.07, 6.45) is 0.291. The number of aliphatic hydroxyl groups excluding tert-OH is 1. The molecule has 0 fully saturated rings. The highest BCUT2D eigenvalue weighted by Gasteiger charge is 2.09. The van der Waals surface area contributed by atoms with Gasteiger partial charge in [0, 0.05) is 18.7 Å². The van der Waals surface area contributed by atoms with E-state index in [1.165, 1.54) is 5.56 Å². The third-order valence-corrected chi connectivity index (χ3v) is 4.27. The minimum absolute atomic E-state index is 0. The van der Waals surface area contributed by atoms with E-state index in [0.29, 0.717) is 48.9 Å². The van der Waals surface area contributed by atoms with Crippen LogP contribution in [0.1, 0.15) is 19.4 Å². The molecule has 0 aliphatic heterocycles. The molecule has 2 aromatic rings. The lowest BCUT2D eigenvalue weighted by molar-refractivity contribution is 0.102. The fourth-order valence-electron chi connectivity index (χ4n) is 2.46. The molecule has 2 aromatic carbocycles. The Hall–Kier alpha value is -1.50. The molecule has 1 unspecified atom stereocenters. The Morgan fingerprint density at radius 2 is 1.76 bits per heavy atom. The van der Waals surface area contributed by atoms with Crippen LogP contribution in [0, 0.1) is 0 Å². The van der Waals surface area contributed by atoms with Crippen LogP contribution in [0.25, 0.3) is 0 Å². The van der Waals surface area contributed by atoms with Crippen LogP contribution in [0.2, 0.25) is 5.02 Å². The number of ether oxygens (including phenoxy) is 3. The quantitative estimate of drug-likeness (QED) is 0.455. The van der Waals surface area contributed by atoms with Gasteiger partial charge >= 0.3 is 0 Å². The van der Waals surface area contributed by atoms with Crippen molar-refractivity contribution < 1.29 is 19.3 Å². The van der Waals surface area contributed by atoms with Crippen molar-refractivity contribution in [2.24, 2.45) is 0 Å². The smallest absolute Gasteiger partial charge is 0.138 e. The molecular weight excluding hydrogens is 413 g/mol. The van der Waals surface area contributed by atoms with Gasteiger partial charge in [-0.3, -0.25) is 0 Å². The number of nitrogens with one attached hydrogen (secondary N) is 1. The van der Waals surface area contributed by atoms with Crippen LogP contribution < -0.4 is 14.8 Å². The minimum atomic E-state index is -0.595. The second-order valence-electron chi connectivity index (χ2n) is 6.82. The van der Waals surface area contributed by atoms with Gasteiger partial charge in [0.05, 0.1) is 18.2 Å². The SMILES string of the molecule is CC(C)NCC(O)COc1ccc(OCCOCCc2ccccc2)cc1Cl.Cl. The number of aliphatic hydroxyl groups is 1. The third-order valence-electron chi connectivity index (χ3n) is 3.97. The molecule has 0 aliphatic carbocycles. The first-order chi connectivity index (χ1) is 13.5. The Morgan fingerprint density at radius 1 is 1.00 bits per heavy atom. The van der Waals surface area contributed by atoms with Crippen molar-refractivity contribution >= 4 is 24.0 Å². The Kier molecular flexibility index (Phi) is 12.7. The summed E-state index contributed by atoms with van der Waals surface area (Å²) in [7, 11) is 0. The van der Waals surface area contributed by atoms with E-state index >= 15 is 0 Å². The standard InChI is InChI=1S/C22H30ClNO4.ClH/c1-17(2)24-15-19(25)16-28-22-9-8-20(14-21(22)23)27-13-12-26-11-10-18-6-4-3-5-7-18;/h3-9,14,17,19,24-25H,10-13,15-16H2,1-2H3;1H. The number of rotatable bonds is 13. The molecule has 2 rings (SSSR count). The van der Waals surface area contributed by atoms with Gasteiger partial charge in [-0.05, 0) is 24.1 Å². The summed E-state index contributed by atoms with van der Waals surface area (Å²) in [6.45, 7) is 6.32. The molecule has 0 bridgehead atoms. The highest BCUT2D eigenvalue weighted by atomic mass is 35.5.